The molecule has 14 heavy (non-hydrogen) atoms. The standard InChI is InChI=1S/C9H16ClNO2S/c1-4-9(2,3)11-14(12,13)8-6-5-7-10/h1,11H,5-8H2,2-3H3. The Hall–Kier alpha value is -0.240. The third-order valence-electron chi connectivity index (χ3n) is 1.57. The second kappa shape index (κ2) is 5.59. The summed E-state index contributed by atoms with van der Waals surface area (Å²) in [7, 11) is -3.27. The molecule has 82 valence electrons. The van der Waals surface area contributed by atoms with Crippen LogP contribution < -0.4 is 4.72 Å². The number of sulfonamides is 1. The predicted molar refractivity (Wildman–Crippen MR) is 59.8 cm³/mol. The fourth-order valence-electron chi connectivity index (χ4n) is 0.856. The lowest BCUT2D eigenvalue weighted by molar-refractivity contribution is 0.537. The van der Waals surface area contributed by atoms with Crippen LogP contribution in [-0.2, 0) is 10.0 Å². The molecule has 0 heterocycles. The highest BCUT2D eigenvalue weighted by atomic mass is 35.5. The van der Waals surface area contributed by atoms with Gasteiger partial charge in [-0.25, -0.2) is 8.42 Å². The summed E-state index contributed by atoms with van der Waals surface area (Å²) in [5.74, 6) is 2.93. The molecule has 0 rings (SSSR count). The minimum atomic E-state index is -3.27. The van der Waals surface area contributed by atoms with Crippen molar-refractivity contribution in [2.75, 3.05) is 11.6 Å². The van der Waals surface area contributed by atoms with Gasteiger partial charge >= 0.3 is 0 Å². The number of halogens is 1. The van der Waals surface area contributed by atoms with Gasteiger partial charge in [-0.15, -0.1) is 18.0 Å². The van der Waals surface area contributed by atoms with Crippen molar-refractivity contribution in [1.82, 2.24) is 4.72 Å². The lowest BCUT2D eigenvalue weighted by atomic mass is 10.1. The lowest BCUT2D eigenvalue weighted by Crippen LogP contribution is -2.43. The van der Waals surface area contributed by atoms with E-state index in [9.17, 15) is 8.42 Å². The van der Waals surface area contributed by atoms with E-state index in [0.717, 1.165) is 0 Å². The van der Waals surface area contributed by atoms with Crippen LogP contribution in [0.3, 0.4) is 0 Å². The molecule has 0 saturated heterocycles. The first-order valence-corrected chi connectivity index (χ1v) is 6.57. The molecule has 0 radical (unpaired) electrons. The molecule has 0 aliphatic rings. The van der Waals surface area contributed by atoms with E-state index >= 15 is 0 Å². The smallest absolute Gasteiger partial charge is 0.212 e. The van der Waals surface area contributed by atoms with Crippen LogP contribution in [0.2, 0.25) is 0 Å². The highest BCUT2D eigenvalue weighted by Crippen LogP contribution is 2.04. The molecule has 0 aromatic carbocycles. The fourth-order valence-corrected chi connectivity index (χ4v) is 2.57. The first kappa shape index (κ1) is 13.8. The third-order valence-corrected chi connectivity index (χ3v) is 3.48. The zero-order chi connectivity index (χ0) is 11.2. The molecule has 5 heteroatoms. The van der Waals surface area contributed by atoms with Gasteiger partial charge in [0.2, 0.25) is 10.0 Å². The summed E-state index contributed by atoms with van der Waals surface area (Å²) in [6.07, 6.45) is 6.42. The van der Waals surface area contributed by atoms with Gasteiger partial charge in [0.15, 0.2) is 0 Å². The number of rotatable bonds is 6. The van der Waals surface area contributed by atoms with Gasteiger partial charge < -0.3 is 0 Å². The van der Waals surface area contributed by atoms with Crippen molar-refractivity contribution < 1.29 is 8.42 Å². The van der Waals surface area contributed by atoms with E-state index in [0.29, 0.717) is 18.7 Å². The van der Waals surface area contributed by atoms with Crippen LogP contribution in [-0.4, -0.2) is 25.6 Å². The van der Waals surface area contributed by atoms with Gasteiger partial charge in [0.1, 0.15) is 0 Å². The van der Waals surface area contributed by atoms with Crippen LogP contribution in [0.5, 0.6) is 0 Å². The summed E-state index contributed by atoms with van der Waals surface area (Å²) in [5.41, 5.74) is -0.820. The van der Waals surface area contributed by atoms with Gasteiger partial charge in [0.25, 0.3) is 0 Å². The Morgan fingerprint density at radius 3 is 2.43 bits per heavy atom. The molecular weight excluding hydrogens is 222 g/mol. The molecule has 0 aliphatic heterocycles. The van der Waals surface area contributed by atoms with E-state index in [1.807, 2.05) is 0 Å². The summed E-state index contributed by atoms with van der Waals surface area (Å²) >= 11 is 5.44. The Morgan fingerprint density at radius 2 is 2.00 bits per heavy atom. The van der Waals surface area contributed by atoms with Crippen LogP contribution >= 0.6 is 11.6 Å². The first-order chi connectivity index (χ1) is 6.33. The second-order valence-corrected chi connectivity index (χ2v) is 5.81. The maximum absolute atomic E-state index is 11.4. The first-order valence-electron chi connectivity index (χ1n) is 4.38. The molecule has 0 atom stereocenters. The van der Waals surface area contributed by atoms with Crippen molar-refractivity contribution in [2.45, 2.75) is 32.2 Å². The zero-order valence-electron chi connectivity index (χ0n) is 8.51. The van der Waals surface area contributed by atoms with Crippen LogP contribution in [0.15, 0.2) is 0 Å². The van der Waals surface area contributed by atoms with Gasteiger partial charge in [-0.2, -0.15) is 4.72 Å². The van der Waals surface area contributed by atoms with E-state index in [2.05, 4.69) is 10.6 Å². The quantitative estimate of drug-likeness (QED) is 0.431. The highest BCUT2D eigenvalue weighted by Gasteiger charge is 2.21. The van der Waals surface area contributed by atoms with Crippen molar-refractivity contribution in [1.29, 1.82) is 0 Å². The summed E-state index contributed by atoms with van der Waals surface area (Å²) in [6, 6.07) is 0. The van der Waals surface area contributed by atoms with Crippen molar-refractivity contribution >= 4 is 21.6 Å². The van der Waals surface area contributed by atoms with Gasteiger partial charge in [-0.1, -0.05) is 5.92 Å². The van der Waals surface area contributed by atoms with Crippen molar-refractivity contribution in [3.8, 4) is 12.3 Å². The zero-order valence-corrected chi connectivity index (χ0v) is 10.1. The molecular formula is C9H16ClNO2S. The number of terminal acetylenes is 1. The summed E-state index contributed by atoms with van der Waals surface area (Å²) in [4.78, 5) is 0. The summed E-state index contributed by atoms with van der Waals surface area (Å²) in [5, 5.41) is 0. The number of hydrogen-bond acceptors (Lipinski definition) is 2. The Kier molecular flexibility index (Phi) is 5.50. The molecule has 3 nitrogen and oxygen atoms in total. The average molecular weight is 238 g/mol. The van der Waals surface area contributed by atoms with Gasteiger partial charge in [0.05, 0.1) is 11.3 Å². The van der Waals surface area contributed by atoms with E-state index in [1.165, 1.54) is 0 Å². The molecule has 0 unspecified atom stereocenters. The number of nitrogens with one attached hydrogen (secondary N) is 1. The van der Waals surface area contributed by atoms with Crippen molar-refractivity contribution in [3.63, 3.8) is 0 Å². The Balaban J connectivity index is 4.17. The minimum absolute atomic E-state index is 0.0742. The van der Waals surface area contributed by atoms with Gasteiger partial charge in [0, 0.05) is 5.88 Å². The Labute approximate surface area is 91.3 Å². The van der Waals surface area contributed by atoms with E-state index in [4.69, 9.17) is 18.0 Å². The van der Waals surface area contributed by atoms with Crippen LogP contribution in [0.4, 0.5) is 0 Å². The maximum atomic E-state index is 11.4. The summed E-state index contributed by atoms with van der Waals surface area (Å²) < 4.78 is 25.3. The van der Waals surface area contributed by atoms with E-state index in [-0.39, 0.29) is 5.75 Å². The average Bonchev–Trinajstić information content (AvgIpc) is 2.03. The van der Waals surface area contributed by atoms with E-state index in [1.54, 1.807) is 13.8 Å². The molecule has 0 bridgehead atoms. The SMILES string of the molecule is C#CC(C)(C)NS(=O)(=O)CCCCCl. The number of hydrogen-bond donors (Lipinski definition) is 1. The van der Waals surface area contributed by atoms with Crippen molar-refractivity contribution in [2.24, 2.45) is 0 Å². The normalized spacial score (nSPS) is 12.4. The third kappa shape index (κ3) is 6.25. The van der Waals surface area contributed by atoms with E-state index < -0.39 is 15.6 Å². The second-order valence-electron chi connectivity index (χ2n) is 3.59. The Bertz CT molecular complexity index is 303. The Morgan fingerprint density at radius 1 is 1.43 bits per heavy atom. The highest BCUT2D eigenvalue weighted by molar-refractivity contribution is 7.89. The molecule has 0 spiro atoms. The number of unbranched alkanes of at least 4 members (excludes halogenated alkanes) is 1. The molecule has 0 saturated carbocycles. The molecule has 0 fully saturated rings. The largest absolute Gasteiger partial charge is 0.212 e. The maximum Gasteiger partial charge on any atom is 0.212 e. The fraction of sp³-hybridized carbons (Fsp3) is 0.778. The summed E-state index contributed by atoms with van der Waals surface area (Å²) in [6.45, 7) is 3.29. The minimum Gasteiger partial charge on any atom is -0.212 e. The van der Waals surface area contributed by atoms with Gasteiger partial charge in [-0.3, -0.25) is 0 Å². The predicted octanol–water partition coefficient (Wildman–Crippen LogP) is 1.34. The molecule has 0 amide bonds. The van der Waals surface area contributed by atoms with Crippen molar-refractivity contribution in [3.05, 3.63) is 0 Å². The monoisotopic (exact) mass is 237 g/mol. The number of alkyl halides is 1. The molecule has 1 N–H and O–H groups in total. The molecule has 0 aromatic heterocycles. The molecule has 0 aromatic rings. The van der Waals surface area contributed by atoms with Crippen LogP contribution in [0, 0.1) is 12.3 Å². The topological polar surface area (TPSA) is 46.2 Å². The van der Waals surface area contributed by atoms with Crippen LogP contribution in [0.25, 0.3) is 0 Å². The molecule has 0 aliphatic carbocycles. The van der Waals surface area contributed by atoms with Gasteiger partial charge in [-0.05, 0) is 26.7 Å². The lowest BCUT2D eigenvalue weighted by Gasteiger charge is -2.19. The van der Waals surface area contributed by atoms with Crippen LogP contribution in [0.1, 0.15) is 26.7 Å².